The zero-order chi connectivity index (χ0) is 12.8. The van der Waals surface area contributed by atoms with Crippen molar-refractivity contribution in [3.05, 3.63) is 29.8 Å². The van der Waals surface area contributed by atoms with Crippen molar-refractivity contribution in [2.24, 2.45) is 5.92 Å². The number of ether oxygens (including phenoxy) is 1. The smallest absolute Gasteiger partial charge is 0.118 e. The molecule has 0 spiro atoms. The molecule has 18 heavy (non-hydrogen) atoms. The Labute approximate surface area is 110 Å². The molecule has 3 nitrogen and oxygen atoms in total. The number of piperidine rings is 1. The molecule has 1 aliphatic heterocycles. The van der Waals surface area contributed by atoms with E-state index in [0.29, 0.717) is 6.04 Å². The highest BCUT2D eigenvalue weighted by atomic mass is 16.5. The first-order valence-corrected chi connectivity index (χ1v) is 6.87. The van der Waals surface area contributed by atoms with Crippen LogP contribution in [0.5, 0.6) is 5.75 Å². The predicted molar refractivity (Wildman–Crippen MR) is 75.0 cm³/mol. The summed E-state index contributed by atoms with van der Waals surface area (Å²) in [6.45, 7) is 5.68. The van der Waals surface area contributed by atoms with Gasteiger partial charge in [-0.25, -0.2) is 0 Å². The lowest BCUT2D eigenvalue weighted by atomic mass is 9.97. The molecule has 1 saturated heterocycles. The van der Waals surface area contributed by atoms with Gasteiger partial charge in [-0.15, -0.1) is 0 Å². The molecule has 1 heterocycles. The van der Waals surface area contributed by atoms with Crippen LogP contribution in [0.4, 0.5) is 0 Å². The summed E-state index contributed by atoms with van der Waals surface area (Å²) >= 11 is 0. The van der Waals surface area contributed by atoms with E-state index in [2.05, 4.69) is 29.7 Å². The first kappa shape index (κ1) is 13.4. The topological polar surface area (TPSA) is 33.3 Å². The van der Waals surface area contributed by atoms with Gasteiger partial charge in [0, 0.05) is 6.04 Å². The molecule has 0 aromatic heterocycles. The van der Waals surface area contributed by atoms with E-state index >= 15 is 0 Å². The average Bonchev–Trinajstić information content (AvgIpc) is 2.46. The lowest BCUT2D eigenvalue weighted by Crippen LogP contribution is -2.34. The molecule has 0 radical (unpaired) electrons. The third-order valence-electron chi connectivity index (χ3n) is 3.79. The van der Waals surface area contributed by atoms with Gasteiger partial charge in [-0.3, -0.25) is 0 Å². The largest absolute Gasteiger partial charge is 0.497 e. The van der Waals surface area contributed by atoms with E-state index in [1.165, 1.54) is 31.5 Å². The van der Waals surface area contributed by atoms with Crippen LogP contribution in [0.2, 0.25) is 0 Å². The van der Waals surface area contributed by atoms with Gasteiger partial charge in [0.1, 0.15) is 5.75 Å². The maximum atomic E-state index is 5.18. The highest BCUT2D eigenvalue weighted by Gasteiger charge is 2.14. The van der Waals surface area contributed by atoms with E-state index in [0.717, 1.165) is 18.2 Å². The molecule has 1 unspecified atom stereocenters. The molecule has 1 aromatic rings. The van der Waals surface area contributed by atoms with Crippen molar-refractivity contribution in [3.8, 4) is 5.75 Å². The van der Waals surface area contributed by atoms with Gasteiger partial charge in [0.2, 0.25) is 0 Å². The van der Waals surface area contributed by atoms with Crippen molar-refractivity contribution in [1.82, 2.24) is 10.6 Å². The maximum absolute atomic E-state index is 5.18. The zero-order valence-corrected chi connectivity index (χ0v) is 11.4. The number of methoxy groups -OCH3 is 1. The summed E-state index contributed by atoms with van der Waals surface area (Å²) in [4.78, 5) is 0. The quantitative estimate of drug-likeness (QED) is 0.839. The van der Waals surface area contributed by atoms with Gasteiger partial charge in [-0.05, 0) is 63.0 Å². The highest BCUT2D eigenvalue weighted by molar-refractivity contribution is 5.28. The standard InChI is InChI=1S/C15H24N2O/c1-12(14-3-5-15(18-2)6-4-14)17-11-13-7-9-16-10-8-13/h3-6,12-13,16-17H,7-11H2,1-2H3. The van der Waals surface area contributed by atoms with Crippen LogP contribution in [0.3, 0.4) is 0 Å². The molecular weight excluding hydrogens is 224 g/mol. The van der Waals surface area contributed by atoms with Gasteiger partial charge in [-0.1, -0.05) is 12.1 Å². The molecule has 0 bridgehead atoms. The molecule has 2 N–H and O–H groups in total. The van der Waals surface area contributed by atoms with Crippen LogP contribution in [0.1, 0.15) is 31.4 Å². The molecule has 1 aliphatic rings. The highest BCUT2D eigenvalue weighted by Crippen LogP contribution is 2.18. The van der Waals surface area contributed by atoms with Crippen molar-refractivity contribution >= 4 is 0 Å². The van der Waals surface area contributed by atoms with Crippen LogP contribution in [-0.4, -0.2) is 26.7 Å². The molecule has 2 rings (SSSR count). The van der Waals surface area contributed by atoms with E-state index in [1.54, 1.807) is 7.11 Å². The Morgan fingerprint density at radius 3 is 2.56 bits per heavy atom. The minimum absolute atomic E-state index is 0.408. The van der Waals surface area contributed by atoms with Crippen molar-refractivity contribution in [2.45, 2.75) is 25.8 Å². The van der Waals surface area contributed by atoms with Crippen LogP contribution in [0, 0.1) is 5.92 Å². The number of nitrogens with one attached hydrogen (secondary N) is 2. The van der Waals surface area contributed by atoms with Gasteiger partial charge in [0.15, 0.2) is 0 Å². The van der Waals surface area contributed by atoms with Crippen LogP contribution in [0.25, 0.3) is 0 Å². The minimum atomic E-state index is 0.408. The second-order valence-corrected chi connectivity index (χ2v) is 5.10. The molecule has 1 fully saturated rings. The molecule has 0 amide bonds. The number of rotatable bonds is 5. The number of hydrogen-bond acceptors (Lipinski definition) is 3. The van der Waals surface area contributed by atoms with Crippen molar-refractivity contribution < 1.29 is 4.74 Å². The average molecular weight is 248 g/mol. The molecule has 1 atom stereocenters. The Bertz CT molecular complexity index is 344. The Balaban J connectivity index is 1.80. The third kappa shape index (κ3) is 3.72. The second-order valence-electron chi connectivity index (χ2n) is 5.10. The molecular formula is C15H24N2O. The first-order chi connectivity index (χ1) is 8.79. The van der Waals surface area contributed by atoms with Gasteiger partial charge >= 0.3 is 0 Å². The summed E-state index contributed by atoms with van der Waals surface area (Å²) < 4.78 is 5.18. The lowest BCUT2D eigenvalue weighted by molar-refractivity contribution is 0.345. The summed E-state index contributed by atoms with van der Waals surface area (Å²) in [6, 6.07) is 8.74. The fourth-order valence-corrected chi connectivity index (χ4v) is 2.44. The van der Waals surface area contributed by atoms with Crippen molar-refractivity contribution in [1.29, 1.82) is 0 Å². The normalized spacial score (nSPS) is 18.6. The predicted octanol–water partition coefficient (Wildman–Crippen LogP) is 2.35. The van der Waals surface area contributed by atoms with Crippen LogP contribution >= 0.6 is 0 Å². The summed E-state index contributed by atoms with van der Waals surface area (Å²) in [6.07, 6.45) is 2.59. The fourth-order valence-electron chi connectivity index (χ4n) is 2.44. The summed E-state index contributed by atoms with van der Waals surface area (Å²) in [5, 5.41) is 7.04. The van der Waals surface area contributed by atoms with Crippen molar-refractivity contribution in [3.63, 3.8) is 0 Å². The Kier molecular flexibility index (Phi) is 5.02. The molecule has 100 valence electrons. The lowest BCUT2D eigenvalue weighted by Gasteiger charge is -2.25. The maximum Gasteiger partial charge on any atom is 0.118 e. The Hall–Kier alpha value is -1.06. The van der Waals surface area contributed by atoms with Crippen LogP contribution in [-0.2, 0) is 0 Å². The fraction of sp³-hybridized carbons (Fsp3) is 0.600. The van der Waals surface area contributed by atoms with Crippen LogP contribution in [0.15, 0.2) is 24.3 Å². The third-order valence-corrected chi connectivity index (χ3v) is 3.79. The molecule has 1 aromatic carbocycles. The van der Waals surface area contributed by atoms with Gasteiger partial charge in [0.25, 0.3) is 0 Å². The monoisotopic (exact) mass is 248 g/mol. The molecule has 0 saturated carbocycles. The minimum Gasteiger partial charge on any atom is -0.497 e. The molecule has 0 aliphatic carbocycles. The van der Waals surface area contributed by atoms with E-state index in [4.69, 9.17) is 4.74 Å². The van der Waals surface area contributed by atoms with E-state index in [1.807, 2.05) is 12.1 Å². The summed E-state index contributed by atoms with van der Waals surface area (Å²) in [5.41, 5.74) is 1.32. The SMILES string of the molecule is COc1ccc(C(C)NCC2CCNCC2)cc1. The van der Waals surface area contributed by atoms with E-state index in [9.17, 15) is 0 Å². The van der Waals surface area contributed by atoms with E-state index in [-0.39, 0.29) is 0 Å². The number of hydrogen-bond donors (Lipinski definition) is 2. The summed E-state index contributed by atoms with van der Waals surface area (Å²) in [5.74, 6) is 1.75. The van der Waals surface area contributed by atoms with E-state index < -0.39 is 0 Å². The first-order valence-electron chi connectivity index (χ1n) is 6.87. The molecule has 3 heteroatoms. The zero-order valence-electron chi connectivity index (χ0n) is 11.4. The second kappa shape index (κ2) is 6.76. The Morgan fingerprint density at radius 1 is 1.28 bits per heavy atom. The Morgan fingerprint density at radius 2 is 1.94 bits per heavy atom. The van der Waals surface area contributed by atoms with Gasteiger partial charge < -0.3 is 15.4 Å². The summed E-state index contributed by atoms with van der Waals surface area (Å²) in [7, 11) is 1.70. The van der Waals surface area contributed by atoms with Crippen LogP contribution < -0.4 is 15.4 Å². The van der Waals surface area contributed by atoms with Crippen molar-refractivity contribution in [2.75, 3.05) is 26.7 Å². The number of benzene rings is 1. The van der Waals surface area contributed by atoms with Gasteiger partial charge in [0.05, 0.1) is 7.11 Å². The van der Waals surface area contributed by atoms with Gasteiger partial charge in [-0.2, -0.15) is 0 Å².